The van der Waals surface area contributed by atoms with E-state index in [9.17, 15) is 4.79 Å². The van der Waals surface area contributed by atoms with Crippen molar-refractivity contribution in [2.75, 3.05) is 0 Å². The van der Waals surface area contributed by atoms with E-state index >= 15 is 0 Å². The van der Waals surface area contributed by atoms with Crippen LogP contribution in [0.1, 0.15) is 12.5 Å². The van der Waals surface area contributed by atoms with Gasteiger partial charge in [0.2, 0.25) is 0 Å². The second-order valence-corrected chi connectivity index (χ2v) is 9.47. The smallest absolute Gasteiger partial charge is 0.319 e. The van der Waals surface area contributed by atoms with Gasteiger partial charge in [-0.15, -0.1) is 11.3 Å². The maximum Gasteiger partial charge on any atom is 0.319 e. The number of halogens is 1. The average molecular weight is 485 g/mol. The lowest BCUT2D eigenvalue weighted by molar-refractivity contribution is -0.143. The lowest BCUT2D eigenvalue weighted by Gasteiger charge is -2.12. The van der Waals surface area contributed by atoms with Crippen LogP contribution >= 0.6 is 39.0 Å². The maximum atomic E-state index is 12.5. The molecule has 0 saturated carbocycles. The minimum absolute atomic E-state index is 0.258. The van der Waals surface area contributed by atoms with Crippen molar-refractivity contribution in [3.63, 3.8) is 0 Å². The highest BCUT2D eigenvalue weighted by atomic mass is 79.9. The number of rotatable bonds is 6. The van der Waals surface area contributed by atoms with E-state index < -0.39 is 0 Å². The first kappa shape index (κ1) is 20.1. The van der Waals surface area contributed by atoms with E-state index in [2.05, 4.69) is 43.4 Å². The lowest BCUT2D eigenvalue weighted by Crippen LogP contribution is -2.17. The third-order valence-corrected chi connectivity index (χ3v) is 6.83. The van der Waals surface area contributed by atoms with Crippen molar-refractivity contribution in [2.24, 2.45) is 0 Å². The summed E-state index contributed by atoms with van der Waals surface area (Å²) in [7, 11) is 0. The molecule has 4 aromatic rings. The summed E-state index contributed by atoms with van der Waals surface area (Å²) in [6.45, 7) is 2.12. The quantitative estimate of drug-likeness (QED) is 0.181. The number of carbonyl (C=O) groups is 1. The highest BCUT2D eigenvalue weighted by Gasteiger charge is 2.21. The number of aromatic nitrogens is 2. The Morgan fingerprint density at radius 1 is 1.14 bits per heavy atom. The number of esters is 1. The molecule has 0 spiro atoms. The number of fused-ring (bicyclic) bond motifs is 1. The van der Waals surface area contributed by atoms with E-state index in [4.69, 9.17) is 4.74 Å². The van der Waals surface area contributed by atoms with Crippen LogP contribution in [-0.4, -0.2) is 21.2 Å². The number of thiophene rings is 1. The summed E-state index contributed by atoms with van der Waals surface area (Å²) < 4.78 is 6.51. The Morgan fingerprint density at radius 2 is 1.90 bits per heavy atom. The minimum Gasteiger partial charge on any atom is -0.460 e. The number of ether oxygens (including phenoxy) is 1. The fraction of sp³-hybridized carbons (Fsp3) is 0.136. The van der Waals surface area contributed by atoms with Gasteiger partial charge in [0.1, 0.15) is 28.0 Å². The molecule has 2 aromatic carbocycles. The number of thioether (sulfide) groups is 1. The Balaban J connectivity index is 1.55. The van der Waals surface area contributed by atoms with Crippen molar-refractivity contribution in [3.8, 4) is 11.1 Å². The van der Waals surface area contributed by atoms with Gasteiger partial charge >= 0.3 is 5.97 Å². The first-order chi connectivity index (χ1) is 14.1. The fourth-order valence-electron chi connectivity index (χ4n) is 2.84. The van der Waals surface area contributed by atoms with Crippen molar-refractivity contribution < 1.29 is 9.53 Å². The zero-order valence-electron chi connectivity index (χ0n) is 15.5. The second kappa shape index (κ2) is 9.07. The summed E-state index contributed by atoms with van der Waals surface area (Å²) in [5, 5.41) is 3.48. The molecule has 0 radical (unpaired) electrons. The van der Waals surface area contributed by atoms with Crippen LogP contribution in [0.25, 0.3) is 21.3 Å². The van der Waals surface area contributed by atoms with Crippen molar-refractivity contribution >= 4 is 55.2 Å². The van der Waals surface area contributed by atoms with Gasteiger partial charge in [-0.3, -0.25) is 4.79 Å². The normalized spacial score (nSPS) is 12.1. The molecule has 0 aliphatic heterocycles. The molecule has 4 nitrogen and oxygen atoms in total. The summed E-state index contributed by atoms with van der Waals surface area (Å²) in [5.41, 5.74) is 3.14. The molecule has 0 amide bonds. The molecule has 0 bridgehead atoms. The van der Waals surface area contributed by atoms with E-state index in [1.807, 2.05) is 49.4 Å². The predicted octanol–water partition coefficient (Wildman–Crippen LogP) is 6.34. The number of hydrogen-bond acceptors (Lipinski definition) is 6. The van der Waals surface area contributed by atoms with Gasteiger partial charge in [-0.1, -0.05) is 70.2 Å². The van der Waals surface area contributed by atoms with E-state index in [1.54, 1.807) is 17.7 Å². The van der Waals surface area contributed by atoms with Crippen LogP contribution in [0.15, 0.2) is 75.8 Å². The molecule has 2 aromatic heterocycles. The number of nitrogens with zero attached hydrogens (tertiary/aromatic N) is 2. The first-order valence-corrected chi connectivity index (χ1v) is 11.5. The predicted molar refractivity (Wildman–Crippen MR) is 122 cm³/mol. The Kier molecular flexibility index (Phi) is 6.28. The summed E-state index contributed by atoms with van der Waals surface area (Å²) in [6, 6.07) is 17.8. The minimum atomic E-state index is -0.380. The van der Waals surface area contributed by atoms with Crippen LogP contribution in [0.2, 0.25) is 0 Å². The van der Waals surface area contributed by atoms with E-state index in [0.29, 0.717) is 0 Å². The first-order valence-electron chi connectivity index (χ1n) is 8.97. The Hall–Kier alpha value is -2.22. The van der Waals surface area contributed by atoms with Crippen LogP contribution in [0, 0.1) is 0 Å². The summed E-state index contributed by atoms with van der Waals surface area (Å²) in [4.78, 5) is 22.3. The molecule has 1 atom stereocenters. The van der Waals surface area contributed by atoms with Crippen molar-refractivity contribution in [1.82, 2.24) is 9.97 Å². The highest BCUT2D eigenvalue weighted by Crippen LogP contribution is 2.39. The second-order valence-electron chi connectivity index (χ2n) is 6.37. The SMILES string of the molecule is CC(Sc1ncnc2scc(-c3ccc(Br)cc3)c12)C(=O)OCc1ccccc1. The molecule has 4 rings (SSSR count). The third kappa shape index (κ3) is 4.69. The summed E-state index contributed by atoms with van der Waals surface area (Å²) >= 11 is 6.46. The van der Waals surface area contributed by atoms with Crippen LogP contribution in [0.4, 0.5) is 0 Å². The molecular weight excluding hydrogens is 468 g/mol. The van der Waals surface area contributed by atoms with Crippen molar-refractivity contribution in [2.45, 2.75) is 23.8 Å². The van der Waals surface area contributed by atoms with Gasteiger partial charge in [-0.25, -0.2) is 9.97 Å². The molecule has 0 fully saturated rings. The average Bonchev–Trinajstić information content (AvgIpc) is 3.18. The topological polar surface area (TPSA) is 52.1 Å². The van der Waals surface area contributed by atoms with Gasteiger partial charge in [0.25, 0.3) is 0 Å². The van der Waals surface area contributed by atoms with Crippen LogP contribution in [-0.2, 0) is 16.1 Å². The van der Waals surface area contributed by atoms with Crippen LogP contribution in [0.3, 0.4) is 0 Å². The van der Waals surface area contributed by atoms with Gasteiger partial charge < -0.3 is 4.74 Å². The standard InChI is InChI=1S/C22H17BrN2O2S2/c1-14(22(26)27-11-15-5-3-2-4-6-15)29-21-19-18(12-28-20(19)24-13-25-21)16-7-9-17(23)10-8-16/h2-10,12-14H,11H2,1H3. The Morgan fingerprint density at radius 3 is 2.66 bits per heavy atom. The third-order valence-electron chi connectivity index (χ3n) is 4.33. The van der Waals surface area contributed by atoms with Gasteiger partial charge in [0.15, 0.2) is 0 Å². The zero-order valence-corrected chi connectivity index (χ0v) is 18.8. The van der Waals surface area contributed by atoms with Crippen molar-refractivity contribution in [1.29, 1.82) is 0 Å². The molecular formula is C22H17BrN2O2S2. The summed E-state index contributed by atoms with van der Waals surface area (Å²) in [6.07, 6.45) is 1.55. The zero-order chi connectivity index (χ0) is 20.2. The van der Waals surface area contributed by atoms with Gasteiger partial charge in [0.05, 0.1) is 5.39 Å². The molecule has 29 heavy (non-hydrogen) atoms. The number of benzene rings is 2. The maximum absolute atomic E-state index is 12.5. The van der Waals surface area contributed by atoms with Crippen LogP contribution in [0.5, 0.6) is 0 Å². The molecule has 146 valence electrons. The van der Waals surface area contributed by atoms with Gasteiger partial charge in [-0.05, 0) is 30.2 Å². The molecule has 0 aliphatic carbocycles. The van der Waals surface area contributed by atoms with Gasteiger partial charge in [-0.2, -0.15) is 0 Å². The van der Waals surface area contributed by atoms with Gasteiger partial charge in [0, 0.05) is 15.4 Å². The lowest BCUT2D eigenvalue weighted by atomic mass is 10.1. The fourth-order valence-corrected chi connectivity index (χ4v) is 5.02. The molecule has 0 aliphatic rings. The summed E-state index contributed by atoms with van der Waals surface area (Å²) in [5.74, 6) is -0.258. The van der Waals surface area contributed by atoms with E-state index in [1.165, 1.54) is 11.8 Å². The van der Waals surface area contributed by atoms with E-state index in [0.717, 1.165) is 36.4 Å². The number of hydrogen-bond donors (Lipinski definition) is 0. The largest absolute Gasteiger partial charge is 0.460 e. The highest BCUT2D eigenvalue weighted by molar-refractivity contribution is 9.10. The number of carbonyl (C=O) groups excluding carboxylic acids is 1. The molecule has 0 N–H and O–H groups in total. The Labute approximate surface area is 185 Å². The molecule has 0 saturated heterocycles. The van der Waals surface area contributed by atoms with Crippen LogP contribution < -0.4 is 0 Å². The van der Waals surface area contributed by atoms with Crippen molar-refractivity contribution in [3.05, 3.63) is 76.3 Å². The van der Waals surface area contributed by atoms with E-state index in [-0.39, 0.29) is 17.8 Å². The molecule has 1 unspecified atom stereocenters. The monoisotopic (exact) mass is 484 g/mol. The molecule has 7 heteroatoms. The molecule has 2 heterocycles. The Bertz CT molecular complexity index is 1130.